The molecule has 8 heteroatoms. The van der Waals surface area contributed by atoms with Crippen LogP contribution >= 0.6 is 45.3 Å². The van der Waals surface area contributed by atoms with E-state index in [-0.39, 0.29) is 0 Å². The van der Waals surface area contributed by atoms with Crippen LogP contribution in [0.25, 0.3) is 102 Å². The molecule has 0 amide bonds. The Morgan fingerprint density at radius 2 is 0.490 bits per heavy atom. The number of nitrogens with zero attached hydrogens (tertiary/aromatic N) is 4. The van der Waals surface area contributed by atoms with E-state index in [4.69, 9.17) is 0 Å². The first-order valence-corrected chi connectivity index (χ1v) is 37.0. The number of rotatable bonds is 12. The van der Waals surface area contributed by atoms with E-state index >= 15 is 0 Å². The van der Waals surface area contributed by atoms with Crippen LogP contribution in [0.2, 0.25) is 0 Å². The minimum absolute atomic E-state index is 1.14. The Labute approximate surface area is 594 Å². The van der Waals surface area contributed by atoms with E-state index in [1.165, 1.54) is 108 Å². The average molecular weight is 1350 g/mol. The Kier molecular flexibility index (Phi) is 15.0. The molecule has 0 aliphatic heterocycles. The van der Waals surface area contributed by atoms with Crippen molar-refractivity contribution in [1.29, 1.82) is 0 Å². The van der Waals surface area contributed by atoms with Crippen LogP contribution in [-0.2, 0) is 0 Å². The van der Waals surface area contributed by atoms with Gasteiger partial charge in [0.05, 0.1) is 5.69 Å². The molecule has 16 aromatic carbocycles. The topological polar surface area (TPSA) is 13.0 Å². The number of benzene rings is 16. The van der Waals surface area contributed by atoms with Crippen molar-refractivity contribution in [3.05, 3.63) is 364 Å². The van der Waals surface area contributed by atoms with Gasteiger partial charge in [0.25, 0.3) is 0 Å². The van der Waals surface area contributed by atoms with Crippen molar-refractivity contribution in [3.8, 4) is 0 Å². The second-order valence-electron chi connectivity index (χ2n) is 25.1. The largest absolute Gasteiger partial charge is 0.310 e. The van der Waals surface area contributed by atoms with E-state index in [1.807, 2.05) is 45.3 Å². The van der Waals surface area contributed by atoms with Crippen molar-refractivity contribution in [1.82, 2.24) is 0 Å². The second-order valence-corrected chi connectivity index (χ2v) is 29.4. The Morgan fingerprint density at radius 3 is 0.990 bits per heavy atom. The molecule has 0 spiro atoms. The molecule has 4 nitrogen and oxygen atoms in total. The molecule has 4 aromatic heterocycles. The van der Waals surface area contributed by atoms with E-state index in [2.05, 4.69) is 384 Å². The standard InChI is InChI=1S/2C46H30N2S2/c1-4-14-31(15-5-1)47(32-16-6-2-7-17-32)34-25-27-44-40(28-34)38-26-24-35(29-45(38)49-44)48(33-18-8-3-9-19-33)42-30-41-37-21-12-13-23-43(37)50-46(41)39-22-11-10-20-36(39)42;1-4-13-32(14-5-1)47(33-15-6-2-7-16-33)35-22-26-42-40(28-35)39-24-21-37(30-45(39)50-42)48(34-17-8-3-9-18-34)36-23-27-43-41(29-36)46-38-19-11-10-12-31(38)20-25-44(46)49-43/h2*1-30H. The van der Waals surface area contributed by atoms with Crippen LogP contribution in [0.4, 0.5) is 68.2 Å². The van der Waals surface area contributed by atoms with Gasteiger partial charge in [-0.2, -0.15) is 0 Å². The molecule has 20 aromatic rings. The zero-order valence-electron chi connectivity index (χ0n) is 54.1. The van der Waals surface area contributed by atoms with Gasteiger partial charge >= 0.3 is 0 Å². The van der Waals surface area contributed by atoms with Gasteiger partial charge in [-0.1, -0.05) is 194 Å². The van der Waals surface area contributed by atoms with Gasteiger partial charge in [-0.25, -0.2) is 0 Å². The highest BCUT2D eigenvalue weighted by Crippen LogP contribution is 2.50. The molecule has 0 bridgehead atoms. The number of hydrogen-bond donors (Lipinski definition) is 0. The quantitative estimate of drug-likeness (QED) is 0.121. The highest BCUT2D eigenvalue weighted by Gasteiger charge is 2.23. The van der Waals surface area contributed by atoms with E-state index in [1.54, 1.807) is 0 Å². The first-order valence-electron chi connectivity index (χ1n) is 33.7. The van der Waals surface area contributed by atoms with Gasteiger partial charge < -0.3 is 19.6 Å². The first kappa shape index (κ1) is 59.4. The number of anilines is 12. The van der Waals surface area contributed by atoms with Crippen molar-refractivity contribution in [2.75, 3.05) is 19.6 Å². The fraction of sp³-hybridized carbons (Fsp3) is 0. The molecule has 472 valence electrons. The monoisotopic (exact) mass is 1350 g/mol. The third-order valence-electron chi connectivity index (χ3n) is 19.2. The van der Waals surface area contributed by atoms with Gasteiger partial charge in [-0.3, -0.25) is 0 Å². The molecular weight excluding hydrogens is 1290 g/mol. The normalized spacial score (nSPS) is 11.6. The molecule has 0 saturated carbocycles. The van der Waals surface area contributed by atoms with Crippen LogP contribution in [0.5, 0.6) is 0 Å². The van der Waals surface area contributed by atoms with Gasteiger partial charge in [0.15, 0.2) is 0 Å². The molecule has 0 aliphatic carbocycles. The lowest BCUT2D eigenvalue weighted by Gasteiger charge is -2.27. The summed E-state index contributed by atoms with van der Waals surface area (Å²) in [6.45, 7) is 0. The zero-order valence-corrected chi connectivity index (χ0v) is 57.3. The minimum Gasteiger partial charge on any atom is -0.310 e. The van der Waals surface area contributed by atoms with E-state index in [0.29, 0.717) is 0 Å². The SMILES string of the molecule is c1ccc(N(c2ccccc2)c2ccc3sc4cc(N(c5ccccc5)c5cc6c7ccccc7sc6c6ccccc56)ccc4c3c2)cc1.c1ccc(N(c2ccccc2)c2ccc3sc4cc(N(c5ccccc5)c5ccc6sc7ccc8ccccc8c7c6c5)ccc4c3c2)cc1. The van der Waals surface area contributed by atoms with Crippen LogP contribution < -0.4 is 19.6 Å². The van der Waals surface area contributed by atoms with E-state index in [9.17, 15) is 0 Å². The van der Waals surface area contributed by atoms with Gasteiger partial charge in [0, 0.05) is 154 Å². The summed E-state index contributed by atoms with van der Waals surface area (Å²) in [6.07, 6.45) is 0. The number of para-hydroxylation sites is 6. The summed E-state index contributed by atoms with van der Waals surface area (Å²) < 4.78 is 10.4. The molecule has 0 aliphatic rings. The molecule has 0 radical (unpaired) electrons. The molecule has 100 heavy (non-hydrogen) atoms. The molecule has 0 unspecified atom stereocenters. The summed E-state index contributed by atoms with van der Waals surface area (Å²) >= 11 is 7.48. The molecule has 20 rings (SSSR count). The minimum atomic E-state index is 1.14. The van der Waals surface area contributed by atoms with Gasteiger partial charge in [-0.15, -0.1) is 45.3 Å². The van der Waals surface area contributed by atoms with Gasteiger partial charge in [-0.05, 0) is 181 Å². The Balaban J connectivity index is 0.000000139. The average Bonchev–Trinajstić information content (AvgIpc) is 1.57. The summed E-state index contributed by atoms with van der Waals surface area (Å²) in [5.41, 5.74) is 13.8. The van der Waals surface area contributed by atoms with Crippen LogP contribution in [0.1, 0.15) is 0 Å². The molecule has 0 fully saturated rings. The third kappa shape index (κ3) is 10.6. The summed E-state index contributed by atoms with van der Waals surface area (Å²) in [5, 5.41) is 15.5. The van der Waals surface area contributed by atoms with E-state index in [0.717, 1.165) is 62.6 Å². The zero-order chi connectivity index (χ0) is 66.0. The second kappa shape index (κ2) is 25.2. The van der Waals surface area contributed by atoms with Crippen LogP contribution in [0.15, 0.2) is 364 Å². The summed E-state index contributed by atoms with van der Waals surface area (Å²) in [7, 11) is 0. The molecular formula is C92H60N4S4. The first-order chi connectivity index (χ1) is 49.6. The maximum Gasteiger partial charge on any atom is 0.0547 e. The number of fused-ring (bicyclic) bond motifs is 16. The molecule has 0 saturated heterocycles. The van der Waals surface area contributed by atoms with Crippen LogP contribution in [0, 0.1) is 0 Å². The van der Waals surface area contributed by atoms with Crippen molar-refractivity contribution < 1.29 is 0 Å². The van der Waals surface area contributed by atoms with Crippen molar-refractivity contribution in [2.24, 2.45) is 0 Å². The van der Waals surface area contributed by atoms with Crippen molar-refractivity contribution in [2.45, 2.75) is 0 Å². The fourth-order valence-electron chi connectivity index (χ4n) is 14.7. The molecule has 4 heterocycles. The highest BCUT2D eigenvalue weighted by molar-refractivity contribution is 7.27. The van der Waals surface area contributed by atoms with Crippen LogP contribution in [-0.4, -0.2) is 0 Å². The predicted octanol–water partition coefficient (Wildman–Crippen LogP) is 29.0. The lowest BCUT2D eigenvalue weighted by molar-refractivity contribution is 1.29. The van der Waals surface area contributed by atoms with Gasteiger partial charge in [0.1, 0.15) is 0 Å². The molecule has 0 N–H and O–H groups in total. The van der Waals surface area contributed by atoms with Crippen molar-refractivity contribution >= 4 is 216 Å². The van der Waals surface area contributed by atoms with Crippen molar-refractivity contribution in [3.63, 3.8) is 0 Å². The maximum absolute atomic E-state index is 2.44. The van der Waals surface area contributed by atoms with Crippen LogP contribution in [0.3, 0.4) is 0 Å². The molecule has 0 atom stereocenters. The highest BCUT2D eigenvalue weighted by atomic mass is 32.1. The Hall–Kier alpha value is -11.9. The summed E-state index contributed by atoms with van der Waals surface area (Å²) in [5.74, 6) is 0. The maximum atomic E-state index is 2.44. The lowest BCUT2D eigenvalue weighted by atomic mass is 10.0. The fourth-order valence-corrected chi connectivity index (χ4v) is 19.2. The lowest BCUT2D eigenvalue weighted by Crippen LogP contribution is -2.10. The van der Waals surface area contributed by atoms with Gasteiger partial charge in [0.2, 0.25) is 0 Å². The Morgan fingerprint density at radius 1 is 0.160 bits per heavy atom. The predicted molar refractivity (Wildman–Crippen MR) is 438 cm³/mol. The summed E-state index contributed by atoms with van der Waals surface area (Å²) in [4.78, 5) is 9.51. The third-order valence-corrected chi connectivity index (χ3v) is 23.8. The van der Waals surface area contributed by atoms with E-state index < -0.39 is 0 Å². The number of hydrogen-bond acceptors (Lipinski definition) is 8. The smallest absolute Gasteiger partial charge is 0.0547 e. The number of thiophene rings is 4. The Bertz CT molecular complexity index is 6350. The summed E-state index contributed by atoms with van der Waals surface area (Å²) in [6, 6.07) is 132.